The summed E-state index contributed by atoms with van der Waals surface area (Å²) in [5, 5.41) is 13.9. The summed E-state index contributed by atoms with van der Waals surface area (Å²) in [6.07, 6.45) is 0.800. The number of hydrogen-bond donors (Lipinski definition) is 1. The van der Waals surface area contributed by atoms with Gasteiger partial charge in [0, 0.05) is 19.2 Å². The highest BCUT2D eigenvalue weighted by Crippen LogP contribution is 2.35. The summed E-state index contributed by atoms with van der Waals surface area (Å²) in [7, 11) is 1.81. The number of nitro groups is 1. The predicted octanol–water partition coefficient (Wildman–Crippen LogP) is 1.92. The highest BCUT2D eigenvalue weighted by Gasteiger charge is 2.31. The molecule has 19 heavy (non-hydrogen) atoms. The van der Waals surface area contributed by atoms with E-state index in [9.17, 15) is 18.9 Å². The van der Waals surface area contributed by atoms with Crippen LogP contribution in [0, 0.1) is 27.7 Å². The van der Waals surface area contributed by atoms with Gasteiger partial charge in [-0.25, -0.2) is 8.78 Å². The van der Waals surface area contributed by atoms with Gasteiger partial charge in [0.15, 0.2) is 17.3 Å². The predicted molar refractivity (Wildman–Crippen MR) is 67.3 cm³/mol. The number of nitrogens with zero attached hydrogens (tertiary/aromatic N) is 2. The first-order valence-electron chi connectivity index (χ1n) is 6.06. The summed E-state index contributed by atoms with van der Waals surface area (Å²) < 4.78 is 27.1. The van der Waals surface area contributed by atoms with E-state index in [2.05, 4.69) is 5.32 Å². The Morgan fingerprint density at radius 1 is 1.53 bits per heavy atom. The minimum absolute atomic E-state index is 0.233. The maximum Gasteiger partial charge on any atom is 0.295 e. The molecule has 1 heterocycles. The number of anilines is 1. The first-order chi connectivity index (χ1) is 9.04. The monoisotopic (exact) mass is 271 g/mol. The molecule has 0 saturated carbocycles. The van der Waals surface area contributed by atoms with Crippen molar-refractivity contribution in [3.05, 3.63) is 33.9 Å². The van der Waals surface area contributed by atoms with Crippen molar-refractivity contribution in [2.75, 3.05) is 31.6 Å². The van der Waals surface area contributed by atoms with Crippen LogP contribution in [0.2, 0.25) is 0 Å². The zero-order chi connectivity index (χ0) is 14.0. The fourth-order valence-corrected chi connectivity index (χ4v) is 2.47. The van der Waals surface area contributed by atoms with Gasteiger partial charge in [0.2, 0.25) is 0 Å². The highest BCUT2D eigenvalue weighted by atomic mass is 19.2. The van der Waals surface area contributed by atoms with Crippen molar-refractivity contribution in [1.29, 1.82) is 0 Å². The molecule has 1 saturated heterocycles. The van der Waals surface area contributed by atoms with Crippen LogP contribution in [0.3, 0.4) is 0 Å². The largest absolute Gasteiger partial charge is 0.363 e. The number of nitrogens with one attached hydrogen (secondary N) is 1. The Bertz CT molecular complexity index is 496. The van der Waals surface area contributed by atoms with E-state index in [4.69, 9.17) is 0 Å². The van der Waals surface area contributed by atoms with E-state index in [-0.39, 0.29) is 17.3 Å². The third-order valence-electron chi connectivity index (χ3n) is 3.34. The Morgan fingerprint density at radius 2 is 2.26 bits per heavy atom. The van der Waals surface area contributed by atoms with Crippen LogP contribution in [-0.2, 0) is 0 Å². The first kappa shape index (κ1) is 13.7. The fourth-order valence-electron chi connectivity index (χ4n) is 2.47. The SMILES string of the molecule is CNCC1CCN(c2c([N+](=O)[O-])ccc(F)c2F)C1. The van der Waals surface area contributed by atoms with E-state index in [1.165, 1.54) is 0 Å². The molecule has 0 amide bonds. The van der Waals surface area contributed by atoms with Gasteiger partial charge >= 0.3 is 0 Å². The average molecular weight is 271 g/mol. The molecule has 1 fully saturated rings. The molecule has 2 rings (SSSR count). The van der Waals surface area contributed by atoms with E-state index < -0.39 is 16.6 Å². The lowest BCUT2D eigenvalue weighted by molar-refractivity contribution is -0.384. The molecule has 0 aliphatic carbocycles. The van der Waals surface area contributed by atoms with Gasteiger partial charge < -0.3 is 10.2 Å². The Morgan fingerprint density at radius 3 is 2.89 bits per heavy atom. The van der Waals surface area contributed by atoms with Crippen molar-refractivity contribution < 1.29 is 13.7 Å². The Kier molecular flexibility index (Phi) is 3.94. The third kappa shape index (κ3) is 2.65. The molecule has 1 aliphatic rings. The quantitative estimate of drug-likeness (QED) is 0.671. The lowest BCUT2D eigenvalue weighted by atomic mass is 10.1. The molecule has 0 spiro atoms. The van der Waals surface area contributed by atoms with Crippen molar-refractivity contribution in [2.24, 2.45) is 5.92 Å². The summed E-state index contributed by atoms with van der Waals surface area (Å²) in [6.45, 7) is 1.73. The van der Waals surface area contributed by atoms with Crippen molar-refractivity contribution >= 4 is 11.4 Å². The lowest BCUT2D eigenvalue weighted by Crippen LogP contribution is -2.25. The molecule has 104 valence electrons. The zero-order valence-electron chi connectivity index (χ0n) is 10.5. The van der Waals surface area contributed by atoms with Crippen molar-refractivity contribution in [2.45, 2.75) is 6.42 Å². The molecule has 0 bridgehead atoms. The third-order valence-corrected chi connectivity index (χ3v) is 3.34. The number of halogens is 2. The van der Waals surface area contributed by atoms with Crippen molar-refractivity contribution in [3.8, 4) is 0 Å². The Labute approximate surface area is 109 Å². The van der Waals surface area contributed by atoms with Gasteiger partial charge in [0.25, 0.3) is 5.69 Å². The molecular weight excluding hydrogens is 256 g/mol. The summed E-state index contributed by atoms with van der Waals surface area (Å²) >= 11 is 0. The molecule has 1 aromatic rings. The van der Waals surface area contributed by atoms with Crippen LogP contribution in [0.15, 0.2) is 12.1 Å². The second kappa shape index (κ2) is 5.48. The molecule has 7 heteroatoms. The summed E-state index contributed by atoms with van der Waals surface area (Å²) in [6, 6.07) is 1.80. The van der Waals surface area contributed by atoms with Gasteiger partial charge in [-0.05, 0) is 32.0 Å². The summed E-state index contributed by atoms with van der Waals surface area (Å²) in [5.41, 5.74) is -0.618. The first-order valence-corrected chi connectivity index (χ1v) is 6.06. The van der Waals surface area contributed by atoms with Crippen LogP contribution >= 0.6 is 0 Å². The molecule has 1 unspecified atom stereocenters. The highest BCUT2D eigenvalue weighted by molar-refractivity contribution is 5.64. The molecule has 5 nitrogen and oxygen atoms in total. The number of rotatable bonds is 4. The van der Waals surface area contributed by atoms with Crippen LogP contribution in [0.1, 0.15) is 6.42 Å². The minimum atomic E-state index is -1.14. The van der Waals surface area contributed by atoms with Crippen LogP contribution < -0.4 is 10.2 Å². The number of nitro benzene ring substituents is 1. The van der Waals surface area contributed by atoms with Gasteiger partial charge in [0.05, 0.1) is 4.92 Å². The Balaban J connectivity index is 2.33. The molecular formula is C12H15F2N3O2. The van der Waals surface area contributed by atoms with Crippen molar-refractivity contribution in [1.82, 2.24) is 5.32 Å². The lowest BCUT2D eigenvalue weighted by Gasteiger charge is -2.19. The van der Waals surface area contributed by atoms with E-state index in [1.54, 1.807) is 4.90 Å². The zero-order valence-corrected chi connectivity index (χ0v) is 10.5. The number of benzene rings is 1. The Hall–Kier alpha value is -1.76. The van der Waals surface area contributed by atoms with Gasteiger partial charge in [-0.15, -0.1) is 0 Å². The number of hydrogen-bond acceptors (Lipinski definition) is 4. The second-order valence-electron chi connectivity index (χ2n) is 4.64. The van der Waals surface area contributed by atoms with Crippen LogP contribution in [0.5, 0.6) is 0 Å². The van der Waals surface area contributed by atoms with Gasteiger partial charge in [-0.3, -0.25) is 10.1 Å². The van der Waals surface area contributed by atoms with Gasteiger partial charge in [-0.2, -0.15) is 0 Å². The van der Waals surface area contributed by atoms with Crippen molar-refractivity contribution in [3.63, 3.8) is 0 Å². The summed E-state index contributed by atoms with van der Waals surface area (Å²) in [4.78, 5) is 11.8. The van der Waals surface area contributed by atoms with E-state index in [0.717, 1.165) is 25.1 Å². The summed E-state index contributed by atoms with van der Waals surface area (Å²) in [5.74, 6) is -1.91. The normalized spacial score (nSPS) is 18.9. The molecule has 1 atom stereocenters. The molecule has 1 aliphatic heterocycles. The molecule has 1 aromatic carbocycles. The topological polar surface area (TPSA) is 58.4 Å². The maximum atomic E-state index is 13.9. The van der Waals surface area contributed by atoms with Gasteiger partial charge in [-0.1, -0.05) is 0 Å². The average Bonchev–Trinajstić information content (AvgIpc) is 2.81. The molecule has 0 radical (unpaired) electrons. The van der Waals surface area contributed by atoms with Crippen LogP contribution in [-0.4, -0.2) is 31.6 Å². The van der Waals surface area contributed by atoms with Gasteiger partial charge in [0.1, 0.15) is 0 Å². The minimum Gasteiger partial charge on any atom is -0.363 e. The van der Waals surface area contributed by atoms with E-state index >= 15 is 0 Å². The fraction of sp³-hybridized carbons (Fsp3) is 0.500. The van der Waals surface area contributed by atoms with E-state index in [1.807, 2.05) is 7.05 Å². The van der Waals surface area contributed by atoms with E-state index in [0.29, 0.717) is 13.1 Å². The van der Waals surface area contributed by atoms with Crippen LogP contribution in [0.4, 0.5) is 20.2 Å². The maximum absolute atomic E-state index is 13.9. The standard InChI is InChI=1S/C12H15F2N3O2/c1-15-6-8-4-5-16(7-8)12-10(17(18)19)3-2-9(13)11(12)14/h2-3,8,15H,4-7H2,1H3. The van der Waals surface area contributed by atoms with Crippen LogP contribution in [0.25, 0.3) is 0 Å². The molecule has 0 aromatic heterocycles. The smallest absolute Gasteiger partial charge is 0.295 e. The molecule has 1 N–H and O–H groups in total. The second-order valence-corrected chi connectivity index (χ2v) is 4.64.